The maximum atomic E-state index is 12.2. The van der Waals surface area contributed by atoms with Crippen molar-refractivity contribution < 1.29 is 19.1 Å². The molecule has 0 aliphatic carbocycles. The van der Waals surface area contributed by atoms with Crippen molar-refractivity contribution in [1.29, 1.82) is 0 Å². The highest BCUT2D eigenvalue weighted by Crippen LogP contribution is 2.32. The second kappa shape index (κ2) is 8.04. The molecule has 9 heteroatoms. The zero-order valence-corrected chi connectivity index (χ0v) is 16.4. The Kier molecular flexibility index (Phi) is 5.30. The van der Waals surface area contributed by atoms with Gasteiger partial charge in [0.15, 0.2) is 11.5 Å². The van der Waals surface area contributed by atoms with Crippen LogP contribution in [0.2, 0.25) is 0 Å². The van der Waals surface area contributed by atoms with Gasteiger partial charge >= 0.3 is 12.0 Å². The molecule has 2 aliphatic rings. The molecule has 2 amide bonds. The maximum Gasteiger partial charge on any atom is 0.357 e. The van der Waals surface area contributed by atoms with E-state index in [4.69, 9.17) is 14.5 Å². The fourth-order valence-electron chi connectivity index (χ4n) is 3.43. The molecule has 0 saturated carbocycles. The summed E-state index contributed by atoms with van der Waals surface area (Å²) >= 11 is 0. The zero-order chi connectivity index (χ0) is 20.4. The summed E-state index contributed by atoms with van der Waals surface area (Å²) < 4.78 is 10.7. The lowest BCUT2D eigenvalue weighted by Crippen LogP contribution is -2.44. The van der Waals surface area contributed by atoms with Crippen LogP contribution in [0.25, 0.3) is 11.4 Å². The fraction of sp³-hybridized carbons (Fsp3) is 0.400. The summed E-state index contributed by atoms with van der Waals surface area (Å²) in [5, 5.41) is 5.43. The highest BCUT2D eigenvalue weighted by atomic mass is 16.5. The molecule has 2 N–H and O–H groups in total. The van der Waals surface area contributed by atoms with Crippen LogP contribution in [0.5, 0.6) is 0 Å². The van der Waals surface area contributed by atoms with E-state index in [0.717, 1.165) is 16.9 Å². The number of amides is 2. The predicted octanol–water partition coefficient (Wildman–Crippen LogP) is 2.18. The van der Waals surface area contributed by atoms with E-state index in [9.17, 15) is 9.59 Å². The second-order valence-corrected chi connectivity index (χ2v) is 6.95. The molecule has 1 fully saturated rings. The van der Waals surface area contributed by atoms with Gasteiger partial charge in [0.25, 0.3) is 0 Å². The van der Waals surface area contributed by atoms with E-state index >= 15 is 0 Å². The molecule has 0 bridgehead atoms. The second-order valence-electron chi connectivity index (χ2n) is 6.95. The number of nitrogens with zero attached hydrogens (tertiary/aromatic N) is 3. The van der Waals surface area contributed by atoms with Gasteiger partial charge in [0.05, 0.1) is 24.8 Å². The van der Waals surface area contributed by atoms with Crippen LogP contribution in [0, 0.1) is 0 Å². The number of nitrogens with one attached hydrogen (secondary N) is 2. The van der Waals surface area contributed by atoms with E-state index in [1.54, 1.807) is 12.1 Å². The molecule has 2 aromatic rings. The minimum Gasteiger partial charge on any atom is -0.456 e. The first-order valence-electron chi connectivity index (χ1n) is 9.64. The van der Waals surface area contributed by atoms with Crippen LogP contribution in [-0.2, 0) is 16.1 Å². The summed E-state index contributed by atoms with van der Waals surface area (Å²) in [4.78, 5) is 35.2. The Hall–Kier alpha value is -3.20. The molecule has 1 saturated heterocycles. The van der Waals surface area contributed by atoms with Crippen molar-refractivity contribution in [3.8, 4) is 11.4 Å². The molecule has 152 valence electrons. The van der Waals surface area contributed by atoms with Crippen molar-refractivity contribution >= 4 is 23.5 Å². The minimum atomic E-state index is -0.430. The summed E-state index contributed by atoms with van der Waals surface area (Å²) in [6.45, 7) is 6.54. The number of carbonyl (C=O) groups excluding carboxylic acids is 2. The van der Waals surface area contributed by atoms with E-state index < -0.39 is 5.97 Å². The number of urea groups is 1. The number of hydrogen-bond acceptors (Lipinski definition) is 7. The van der Waals surface area contributed by atoms with Gasteiger partial charge in [-0.15, -0.1) is 0 Å². The van der Waals surface area contributed by atoms with Crippen LogP contribution in [0.15, 0.2) is 24.3 Å². The number of hydrogen-bond donors (Lipinski definition) is 2. The largest absolute Gasteiger partial charge is 0.456 e. The van der Waals surface area contributed by atoms with E-state index in [0.29, 0.717) is 43.5 Å². The van der Waals surface area contributed by atoms with Gasteiger partial charge in [-0.3, -0.25) is 0 Å². The molecule has 1 aromatic heterocycles. The van der Waals surface area contributed by atoms with Crippen LogP contribution in [-0.4, -0.2) is 54.3 Å². The number of esters is 1. The molecule has 29 heavy (non-hydrogen) atoms. The number of fused-ring (bicyclic) bond motifs is 1. The number of anilines is 2. The maximum absolute atomic E-state index is 12.2. The number of cyclic esters (lactones) is 1. The molecule has 4 rings (SSSR count). The summed E-state index contributed by atoms with van der Waals surface area (Å²) in [6, 6.07) is 7.05. The fourth-order valence-corrected chi connectivity index (χ4v) is 3.43. The molecule has 3 heterocycles. The lowest BCUT2D eigenvalue weighted by atomic mass is 10.1. The SMILES string of the molecule is CCNC(=O)Nc1ccc(-c2nc3c(c(N4CCOCC4C)n2)COC3=O)cc1. The Morgan fingerprint density at radius 2 is 2.07 bits per heavy atom. The Morgan fingerprint density at radius 3 is 2.79 bits per heavy atom. The molecule has 2 aliphatic heterocycles. The monoisotopic (exact) mass is 397 g/mol. The number of morpholine rings is 1. The third-order valence-electron chi connectivity index (χ3n) is 4.90. The lowest BCUT2D eigenvalue weighted by Gasteiger charge is -2.35. The van der Waals surface area contributed by atoms with Gasteiger partial charge < -0.3 is 25.0 Å². The number of benzene rings is 1. The molecular weight excluding hydrogens is 374 g/mol. The van der Waals surface area contributed by atoms with E-state index in [2.05, 4.69) is 27.4 Å². The Bertz CT molecular complexity index is 931. The van der Waals surface area contributed by atoms with Gasteiger partial charge in [0.2, 0.25) is 0 Å². The molecule has 0 spiro atoms. The summed E-state index contributed by atoms with van der Waals surface area (Å²) in [5.41, 5.74) is 2.44. The van der Waals surface area contributed by atoms with E-state index in [1.165, 1.54) is 0 Å². The van der Waals surface area contributed by atoms with Gasteiger partial charge in [-0.05, 0) is 38.1 Å². The molecular formula is C20H23N5O4. The quantitative estimate of drug-likeness (QED) is 0.762. The Balaban J connectivity index is 1.67. The van der Waals surface area contributed by atoms with Crippen molar-refractivity contribution in [3.05, 3.63) is 35.5 Å². The van der Waals surface area contributed by atoms with Crippen molar-refractivity contribution in [2.45, 2.75) is 26.5 Å². The van der Waals surface area contributed by atoms with Crippen molar-refractivity contribution in [2.75, 3.05) is 36.5 Å². The first-order chi connectivity index (χ1) is 14.1. The normalized spacial score (nSPS) is 18.2. The first kappa shape index (κ1) is 19.1. The van der Waals surface area contributed by atoms with Gasteiger partial charge in [0.1, 0.15) is 12.4 Å². The average molecular weight is 397 g/mol. The summed E-state index contributed by atoms with van der Waals surface area (Å²) in [7, 11) is 0. The van der Waals surface area contributed by atoms with E-state index in [1.807, 2.05) is 19.1 Å². The zero-order valence-electron chi connectivity index (χ0n) is 16.4. The van der Waals surface area contributed by atoms with Crippen LogP contribution in [0.4, 0.5) is 16.3 Å². The predicted molar refractivity (Wildman–Crippen MR) is 107 cm³/mol. The number of rotatable bonds is 4. The van der Waals surface area contributed by atoms with Gasteiger partial charge in [-0.2, -0.15) is 0 Å². The average Bonchev–Trinajstić information content (AvgIpc) is 3.09. The minimum absolute atomic E-state index is 0.134. The smallest absolute Gasteiger partial charge is 0.357 e. The highest BCUT2D eigenvalue weighted by molar-refractivity contribution is 5.93. The van der Waals surface area contributed by atoms with Crippen LogP contribution in [0.3, 0.4) is 0 Å². The van der Waals surface area contributed by atoms with Gasteiger partial charge in [0, 0.05) is 24.3 Å². The van der Waals surface area contributed by atoms with Crippen LogP contribution >= 0.6 is 0 Å². The van der Waals surface area contributed by atoms with Gasteiger partial charge in [-0.25, -0.2) is 19.6 Å². The molecule has 9 nitrogen and oxygen atoms in total. The van der Waals surface area contributed by atoms with Crippen LogP contribution < -0.4 is 15.5 Å². The Morgan fingerprint density at radius 1 is 1.28 bits per heavy atom. The van der Waals surface area contributed by atoms with Crippen molar-refractivity contribution in [1.82, 2.24) is 15.3 Å². The Labute approximate surface area is 168 Å². The summed E-state index contributed by atoms with van der Waals surface area (Å²) in [5.74, 6) is 0.734. The number of aromatic nitrogens is 2. The van der Waals surface area contributed by atoms with Gasteiger partial charge in [-0.1, -0.05) is 0 Å². The van der Waals surface area contributed by atoms with Crippen LogP contribution in [0.1, 0.15) is 29.9 Å². The lowest BCUT2D eigenvalue weighted by molar-refractivity contribution is 0.0530. The van der Waals surface area contributed by atoms with Crippen molar-refractivity contribution in [3.63, 3.8) is 0 Å². The highest BCUT2D eigenvalue weighted by Gasteiger charge is 2.32. The molecule has 1 aromatic carbocycles. The summed E-state index contributed by atoms with van der Waals surface area (Å²) in [6.07, 6.45) is 0. The van der Waals surface area contributed by atoms with E-state index in [-0.39, 0.29) is 18.7 Å². The molecule has 0 radical (unpaired) electrons. The number of ether oxygens (including phenoxy) is 2. The first-order valence-corrected chi connectivity index (χ1v) is 9.64. The van der Waals surface area contributed by atoms with Crippen molar-refractivity contribution in [2.24, 2.45) is 0 Å². The number of carbonyl (C=O) groups is 2. The standard InChI is InChI=1S/C20H23N5O4/c1-3-21-20(27)22-14-6-4-13(5-7-14)17-23-16-15(11-29-19(16)26)18(24-17)25-8-9-28-10-12(25)2/h4-7,12H,3,8-11H2,1-2H3,(H2,21,22,27). The third-order valence-corrected chi connectivity index (χ3v) is 4.90. The third kappa shape index (κ3) is 3.86. The molecule has 1 unspecified atom stereocenters. The topological polar surface area (TPSA) is 106 Å². The molecule has 1 atom stereocenters.